The summed E-state index contributed by atoms with van der Waals surface area (Å²) in [4.78, 5) is 11.2. The Kier molecular flexibility index (Phi) is 4.35. The third kappa shape index (κ3) is 2.79. The minimum absolute atomic E-state index is 0.173. The van der Waals surface area contributed by atoms with E-state index >= 15 is 0 Å². The van der Waals surface area contributed by atoms with E-state index in [1.165, 1.54) is 0 Å². The van der Waals surface area contributed by atoms with Crippen molar-refractivity contribution in [1.29, 1.82) is 0 Å². The van der Waals surface area contributed by atoms with Crippen LogP contribution in [0, 0.1) is 0 Å². The van der Waals surface area contributed by atoms with E-state index in [4.69, 9.17) is 4.74 Å². The molecule has 0 saturated heterocycles. The normalized spacial score (nSPS) is 11.9. The van der Waals surface area contributed by atoms with Gasteiger partial charge in [-0.3, -0.25) is 4.79 Å². The fourth-order valence-electron chi connectivity index (χ4n) is 2.10. The van der Waals surface area contributed by atoms with Gasteiger partial charge in [0, 0.05) is 12.1 Å². The number of rotatable bonds is 6. The Morgan fingerprint density at radius 2 is 2.10 bits per heavy atom. The molecule has 2 rings (SSSR count). The van der Waals surface area contributed by atoms with Crippen molar-refractivity contribution < 1.29 is 9.53 Å². The first-order chi connectivity index (χ1) is 9.69. The van der Waals surface area contributed by atoms with Crippen molar-refractivity contribution in [3.63, 3.8) is 0 Å². The van der Waals surface area contributed by atoms with Crippen LogP contribution in [-0.4, -0.2) is 23.2 Å². The van der Waals surface area contributed by atoms with Gasteiger partial charge >= 0.3 is 0 Å². The summed E-state index contributed by atoms with van der Waals surface area (Å²) >= 11 is 0. The summed E-state index contributed by atoms with van der Waals surface area (Å²) < 4.78 is 6.85. The highest BCUT2D eigenvalue weighted by Crippen LogP contribution is 2.23. The summed E-state index contributed by atoms with van der Waals surface area (Å²) in [5.41, 5.74) is 2.32. The van der Waals surface area contributed by atoms with Crippen LogP contribution in [0.3, 0.4) is 0 Å². The molecule has 0 N–H and O–H groups in total. The zero-order valence-electron chi connectivity index (χ0n) is 11.7. The Balaban J connectivity index is 2.36. The number of ether oxygens (including phenoxy) is 1. The molecular formula is C16H18N2O2. The van der Waals surface area contributed by atoms with Gasteiger partial charge in [0.25, 0.3) is 0 Å². The quantitative estimate of drug-likeness (QED) is 0.597. The molecular weight excluding hydrogens is 252 g/mol. The van der Waals surface area contributed by atoms with Gasteiger partial charge < -0.3 is 4.74 Å². The minimum atomic E-state index is 0.173. The molecule has 0 amide bonds. The van der Waals surface area contributed by atoms with Crippen LogP contribution in [0.25, 0.3) is 5.69 Å². The monoisotopic (exact) mass is 270 g/mol. The molecule has 0 fully saturated rings. The maximum Gasteiger partial charge on any atom is 0.153 e. The molecule has 0 aliphatic carbocycles. The lowest BCUT2D eigenvalue weighted by molar-refractivity contribution is 0.112. The maximum atomic E-state index is 11.2. The molecule has 0 radical (unpaired) electrons. The molecule has 1 unspecified atom stereocenters. The first kappa shape index (κ1) is 14.1. The van der Waals surface area contributed by atoms with Crippen LogP contribution >= 0.6 is 0 Å². The Morgan fingerprint density at radius 1 is 1.40 bits per heavy atom. The van der Waals surface area contributed by atoms with Gasteiger partial charge in [-0.1, -0.05) is 13.0 Å². The zero-order valence-corrected chi connectivity index (χ0v) is 11.7. The van der Waals surface area contributed by atoms with Crippen LogP contribution in [0.15, 0.2) is 43.1 Å². The van der Waals surface area contributed by atoms with E-state index in [9.17, 15) is 4.79 Å². The smallest absolute Gasteiger partial charge is 0.153 e. The molecule has 0 saturated carbocycles. The summed E-state index contributed by atoms with van der Waals surface area (Å²) in [6, 6.07) is 7.54. The zero-order chi connectivity index (χ0) is 14.5. The van der Waals surface area contributed by atoms with Crippen LogP contribution in [0.5, 0.6) is 5.75 Å². The van der Waals surface area contributed by atoms with Crippen molar-refractivity contribution in [2.75, 3.05) is 7.11 Å². The molecule has 1 heterocycles. The number of benzene rings is 1. The number of aromatic nitrogens is 2. The van der Waals surface area contributed by atoms with E-state index in [0.717, 1.165) is 29.8 Å². The predicted octanol–water partition coefficient (Wildman–Crippen LogP) is 3.37. The van der Waals surface area contributed by atoms with E-state index in [0.29, 0.717) is 5.56 Å². The highest BCUT2D eigenvalue weighted by molar-refractivity contribution is 5.76. The lowest BCUT2D eigenvalue weighted by Gasteiger charge is -2.06. The second-order valence-electron chi connectivity index (χ2n) is 4.66. The Hall–Kier alpha value is -2.36. The van der Waals surface area contributed by atoms with E-state index in [1.54, 1.807) is 18.0 Å². The number of hydrogen-bond donors (Lipinski definition) is 0. The first-order valence-electron chi connectivity index (χ1n) is 6.49. The van der Waals surface area contributed by atoms with Crippen molar-refractivity contribution in [3.05, 3.63) is 54.4 Å². The largest absolute Gasteiger partial charge is 0.497 e. The van der Waals surface area contributed by atoms with Crippen LogP contribution in [-0.2, 0) is 0 Å². The Bertz CT molecular complexity index is 599. The van der Waals surface area contributed by atoms with Crippen molar-refractivity contribution >= 4 is 6.29 Å². The van der Waals surface area contributed by atoms with Gasteiger partial charge in [0.1, 0.15) is 5.75 Å². The van der Waals surface area contributed by atoms with Crippen LogP contribution < -0.4 is 4.74 Å². The number of methoxy groups -OCH3 is 1. The molecule has 4 nitrogen and oxygen atoms in total. The molecule has 0 aliphatic rings. The topological polar surface area (TPSA) is 44.1 Å². The average Bonchev–Trinajstić information content (AvgIpc) is 2.92. The first-order valence-corrected chi connectivity index (χ1v) is 6.49. The van der Waals surface area contributed by atoms with Gasteiger partial charge in [0.05, 0.1) is 24.1 Å². The lowest BCUT2D eigenvalue weighted by atomic mass is 10.0. The fraction of sp³-hybridized carbons (Fsp3) is 0.250. The number of allylic oxidation sites excluding steroid dienone is 1. The molecule has 1 aromatic heterocycles. The van der Waals surface area contributed by atoms with E-state index in [-0.39, 0.29) is 5.92 Å². The summed E-state index contributed by atoms with van der Waals surface area (Å²) in [7, 11) is 1.63. The van der Waals surface area contributed by atoms with Gasteiger partial charge in [-0.2, -0.15) is 5.10 Å². The van der Waals surface area contributed by atoms with Crippen molar-refractivity contribution in [1.82, 2.24) is 9.78 Å². The Morgan fingerprint density at radius 3 is 2.65 bits per heavy atom. The highest BCUT2D eigenvalue weighted by Gasteiger charge is 2.15. The maximum absolute atomic E-state index is 11.2. The minimum Gasteiger partial charge on any atom is -0.497 e. The average molecular weight is 270 g/mol. The molecule has 4 heteroatoms. The SMILES string of the molecule is C=CCC(C)c1nn(-c2ccc(OC)cc2)cc1C=O. The standard InChI is InChI=1S/C16H18N2O2/c1-4-5-12(2)16-13(11-19)10-18(17-16)14-6-8-15(20-3)9-7-14/h4,6-12H,1,5H2,2-3H3. The second-order valence-corrected chi connectivity index (χ2v) is 4.66. The van der Waals surface area contributed by atoms with Gasteiger partial charge in [0.2, 0.25) is 0 Å². The summed E-state index contributed by atoms with van der Waals surface area (Å²) in [5, 5.41) is 4.52. The van der Waals surface area contributed by atoms with Crippen LogP contribution in [0.1, 0.15) is 35.3 Å². The summed E-state index contributed by atoms with van der Waals surface area (Å²) in [5.74, 6) is 0.962. The van der Waals surface area contributed by atoms with Crippen molar-refractivity contribution in [2.45, 2.75) is 19.3 Å². The molecule has 1 aromatic carbocycles. The fourth-order valence-corrected chi connectivity index (χ4v) is 2.10. The number of aldehydes is 1. The number of nitrogens with zero attached hydrogens (tertiary/aromatic N) is 2. The van der Waals surface area contributed by atoms with E-state index < -0.39 is 0 Å². The second kappa shape index (κ2) is 6.19. The Labute approximate surface area is 118 Å². The number of carbonyl (C=O) groups is 1. The van der Waals surface area contributed by atoms with Gasteiger partial charge in [-0.05, 0) is 30.7 Å². The van der Waals surface area contributed by atoms with Gasteiger partial charge in [-0.25, -0.2) is 4.68 Å². The predicted molar refractivity (Wildman–Crippen MR) is 78.7 cm³/mol. The van der Waals surface area contributed by atoms with Crippen molar-refractivity contribution in [2.24, 2.45) is 0 Å². The molecule has 104 valence electrons. The molecule has 1 atom stereocenters. The molecule has 2 aromatic rings. The number of hydrogen-bond acceptors (Lipinski definition) is 3. The highest BCUT2D eigenvalue weighted by atomic mass is 16.5. The molecule has 0 bridgehead atoms. The van der Waals surface area contributed by atoms with Gasteiger partial charge in [0.15, 0.2) is 6.29 Å². The van der Waals surface area contributed by atoms with E-state index in [2.05, 4.69) is 11.7 Å². The molecule has 20 heavy (non-hydrogen) atoms. The lowest BCUT2D eigenvalue weighted by Crippen LogP contribution is -1.99. The molecule has 0 aliphatic heterocycles. The third-order valence-corrected chi connectivity index (χ3v) is 3.22. The third-order valence-electron chi connectivity index (χ3n) is 3.22. The van der Waals surface area contributed by atoms with Crippen molar-refractivity contribution in [3.8, 4) is 11.4 Å². The van der Waals surface area contributed by atoms with Crippen LogP contribution in [0.4, 0.5) is 0 Å². The molecule has 0 spiro atoms. The van der Waals surface area contributed by atoms with E-state index in [1.807, 2.05) is 37.3 Å². The summed E-state index contributed by atoms with van der Waals surface area (Å²) in [6.07, 6.45) is 5.23. The summed E-state index contributed by atoms with van der Waals surface area (Å²) in [6.45, 7) is 5.77. The number of carbonyl (C=O) groups excluding carboxylic acids is 1. The van der Waals surface area contributed by atoms with Gasteiger partial charge in [-0.15, -0.1) is 6.58 Å². The van der Waals surface area contributed by atoms with Crippen LogP contribution in [0.2, 0.25) is 0 Å².